The molecule has 1 rings (SSSR count). The second-order valence-corrected chi connectivity index (χ2v) is 6.76. The fourth-order valence-electron chi connectivity index (χ4n) is 2.30. The maximum absolute atomic E-state index is 11.0. The van der Waals surface area contributed by atoms with Crippen LogP contribution in [0.4, 0.5) is 0 Å². The van der Waals surface area contributed by atoms with Crippen LogP contribution in [0.25, 0.3) is 0 Å². The number of sulfone groups is 1. The van der Waals surface area contributed by atoms with Gasteiger partial charge in [0.25, 0.3) is 0 Å². The van der Waals surface area contributed by atoms with Crippen molar-refractivity contribution in [2.75, 3.05) is 19.1 Å². The summed E-state index contributed by atoms with van der Waals surface area (Å²) in [4.78, 5) is 0. The van der Waals surface area contributed by atoms with Crippen LogP contribution >= 0.6 is 0 Å². The van der Waals surface area contributed by atoms with Gasteiger partial charge in [0.05, 0.1) is 11.4 Å². The molecule has 0 aromatic heterocycles. The second kappa shape index (κ2) is 4.80. The van der Waals surface area contributed by atoms with Gasteiger partial charge >= 0.3 is 0 Å². The summed E-state index contributed by atoms with van der Waals surface area (Å²) in [5, 5.41) is 0. The van der Waals surface area contributed by atoms with E-state index in [0.717, 1.165) is 25.7 Å². The molecule has 0 saturated heterocycles. The number of methoxy groups -OCH3 is 1. The summed E-state index contributed by atoms with van der Waals surface area (Å²) in [6.07, 6.45) is 5.89. The molecular formula is C10H21NO3S. The highest BCUT2D eigenvalue weighted by molar-refractivity contribution is 7.90. The summed E-state index contributed by atoms with van der Waals surface area (Å²) in [5.41, 5.74) is 5.77. The third-order valence-corrected chi connectivity index (χ3v) is 4.31. The average molecular weight is 235 g/mol. The van der Waals surface area contributed by atoms with E-state index in [1.54, 1.807) is 7.11 Å². The lowest BCUT2D eigenvalue weighted by molar-refractivity contribution is -0.0260. The van der Waals surface area contributed by atoms with Crippen LogP contribution in [0.2, 0.25) is 0 Å². The molecule has 0 aromatic rings. The molecule has 2 N–H and O–H groups in total. The molecule has 0 bridgehead atoms. The van der Waals surface area contributed by atoms with Crippen LogP contribution in [0, 0.1) is 0 Å². The van der Waals surface area contributed by atoms with Crippen LogP contribution in [0.1, 0.15) is 32.1 Å². The molecule has 1 unspecified atom stereocenters. The molecule has 1 aliphatic rings. The second-order valence-electron chi connectivity index (χ2n) is 4.50. The van der Waals surface area contributed by atoms with Crippen LogP contribution in [0.15, 0.2) is 0 Å². The monoisotopic (exact) mass is 235 g/mol. The maximum Gasteiger partial charge on any atom is 0.147 e. The van der Waals surface area contributed by atoms with Crippen molar-refractivity contribution in [1.29, 1.82) is 0 Å². The van der Waals surface area contributed by atoms with Crippen molar-refractivity contribution in [3.8, 4) is 0 Å². The zero-order valence-corrected chi connectivity index (χ0v) is 10.3. The number of rotatable bonds is 5. The first-order valence-electron chi connectivity index (χ1n) is 5.38. The van der Waals surface area contributed by atoms with Crippen molar-refractivity contribution in [2.24, 2.45) is 5.73 Å². The molecule has 1 fully saturated rings. The van der Waals surface area contributed by atoms with Gasteiger partial charge in [0, 0.05) is 19.4 Å². The molecule has 4 nitrogen and oxygen atoms in total. The van der Waals surface area contributed by atoms with Gasteiger partial charge in [-0.15, -0.1) is 0 Å². The lowest BCUT2D eigenvalue weighted by atomic mass is 9.91. The normalized spacial score (nSPS) is 22.9. The maximum atomic E-state index is 11.0. The molecule has 5 heteroatoms. The SMILES string of the molecule is COC1(C(N)CCS(C)(=O)=O)CCCC1. The van der Waals surface area contributed by atoms with Crippen LogP contribution in [-0.4, -0.2) is 39.2 Å². The molecule has 0 heterocycles. The van der Waals surface area contributed by atoms with Crippen LogP contribution in [0.3, 0.4) is 0 Å². The highest BCUT2D eigenvalue weighted by Crippen LogP contribution is 2.35. The Morgan fingerprint density at radius 1 is 1.40 bits per heavy atom. The van der Waals surface area contributed by atoms with Gasteiger partial charge in [-0.1, -0.05) is 12.8 Å². The summed E-state index contributed by atoms with van der Waals surface area (Å²) in [6, 6.07) is -0.167. The molecule has 15 heavy (non-hydrogen) atoms. The van der Waals surface area contributed by atoms with E-state index in [0.29, 0.717) is 6.42 Å². The van der Waals surface area contributed by atoms with Crippen molar-refractivity contribution in [1.82, 2.24) is 0 Å². The summed E-state index contributed by atoms with van der Waals surface area (Å²) >= 11 is 0. The van der Waals surface area contributed by atoms with Gasteiger partial charge in [-0.25, -0.2) is 8.42 Å². The quantitative estimate of drug-likeness (QED) is 0.762. The first kappa shape index (κ1) is 12.9. The first-order valence-corrected chi connectivity index (χ1v) is 7.44. The smallest absolute Gasteiger partial charge is 0.147 e. The Balaban J connectivity index is 2.54. The van der Waals surface area contributed by atoms with Crippen LogP contribution < -0.4 is 5.73 Å². The van der Waals surface area contributed by atoms with Gasteiger partial charge in [0.15, 0.2) is 0 Å². The van der Waals surface area contributed by atoms with Crippen molar-refractivity contribution in [3.63, 3.8) is 0 Å². The number of nitrogens with two attached hydrogens (primary N) is 1. The summed E-state index contributed by atoms with van der Waals surface area (Å²) in [5.74, 6) is 0.152. The Hall–Kier alpha value is -0.130. The minimum Gasteiger partial charge on any atom is -0.377 e. The molecule has 90 valence electrons. The Bertz CT molecular complexity index is 294. The van der Waals surface area contributed by atoms with E-state index >= 15 is 0 Å². The Labute approximate surface area is 92.1 Å². The van der Waals surface area contributed by atoms with Crippen LogP contribution in [-0.2, 0) is 14.6 Å². The third kappa shape index (κ3) is 3.43. The molecule has 1 aliphatic carbocycles. The Kier molecular flexibility index (Phi) is 4.14. The van der Waals surface area contributed by atoms with Gasteiger partial charge in [-0.3, -0.25) is 0 Å². The molecule has 0 spiro atoms. The summed E-state index contributed by atoms with van der Waals surface area (Å²) in [6.45, 7) is 0. The topological polar surface area (TPSA) is 69.4 Å². The van der Waals surface area contributed by atoms with E-state index in [4.69, 9.17) is 10.5 Å². The lowest BCUT2D eigenvalue weighted by Crippen LogP contribution is -2.48. The third-order valence-electron chi connectivity index (χ3n) is 3.33. The Morgan fingerprint density at radius 2 is 1.93 bits per heavy atom. The van der Waals surface area contributed by atoms with Crippen molar-refractivity contribution < 1.29 is 13.2 Å². The fourth-order valence-corrected chi connectivity index (χ4v) is 2.99. The van der Waals surface area contributed by atoms with E-state index in [2.05, 4.69) is 0 Å². The number of hydrogen-bond donors (Lipinski definition) is 1. The molecule has 0 radical (unpaired) electrons. The molecule has 0 amide bonds. The predicted octanol–water partition coefficient (Wildman–Crippen LogP) is 0.708. The fraction of sp³-hybridized carbons (Fsp3) is 1.00. The summed E-state index contributed by atoms with van der Waals surface area (Å²) in [7, 11) is -1.25. The van der Waals surface area contributed by atoms with E-state index in [1.807, 2.05) is 0 Å². The first-order chi connectivity index (χ1) is 6.90. The minimum absolute atomic E-state index is 0.152. The molecular weight excluding hydrogens is 214 g/mol. The van der Waals surface area contributed by atoms with E-state index in [1.165, 1.54) is 6.26 Å². The minimum atomic E-state index is -2.92. The highest BCUT2D eigenvalue weighted by atomic mass is 32.2. The number of ether oxygens (including phenoxy) is 1. The van der Waals surface area contributed by atoms with Gasteiger partial charge in [0.2, 0.25) is 0 Å². The van der Waals surface area contributed by atoms with Gasteiger partial charge < -0.3 is 10.5 Å². The molecule has 0 aliphatic heterocycles. The Morgan fingerprint density at radius 3 is 2.33 bits per heavy atom. The summed E-state index contributed by atoms with van der Waals surface area (Å²) < 4.78 is 27.6. The van der Waals surface area contributed by atoms with Crippen molar-refractivity contribution in [3.05, 3.63) is 0 Å². The predicted molar refractivity (Wildman–Crippen MR) is 60.5 cm³/mol. The van der Waals surface area contributed by atoms with Crippen LogP contribution in [0.5, 0.6) is 0 Å². The zero-order valence-electron chi connectivity index (χ0n) is 9.53. The average Bonchev–Trinajstić information content (AvgIpc) is 2.62. The van der Waals surface area contributed by atoms with Gasteiger partial charge in [-0.05, 0) is 19.3 Å². The zero-order chi connectivity index (χ0) is 11.5. The standard InChI is InChI=1S/C10H21NO3S/c1-14-10(6-3-4-7-10)9(11)5-8-15(2,12)13/h9H,3-8,11H2,1-2H3. The van der Waals surface area contributed by atoms with E-state index in [9.17, 15) is 8.42 Å². The largest absolute Gasteiger partial charge is 0.377 e. The van der Waals surface area contributed by atoms with Gasteiger partial charge in [0.1, 0.15) is 9.84 Å². The van der Waals surface area contributed by atoms with Crippen molar-refractivity contribution >= 4 is 9.84 Å². The van der Waals surface area contributed by atoms with E-state index < -0.39 is 9.84 Å². The molecule has 0 aromatic carbocycles. The molecule has 1 atom stereocenters. The van der Waals surface area contributed by atoms with Gasteiger partial charge in [-0.2, -0.15) is 0 Å². The molecule has 1 saturated carbocycles. The lowest BCUT2D eigenvalue weighted by Gasteiger charge is -2.33. The van der Waals surface area contributed by atoms with Crippen molar-refractivity contribution in [2.45, 2.75) is 43.7 Å². The number of hydrogen-bond acceptors (Lipinski definition) is 4. The van der Waals surface area contributed by atoms with E-state index in [-0.39, 0.29) is 17.4 Å². The highest BCUT2D eigenvalue weighted by Gasteiger charge is 2.39.